The number of fused-ring (bicyclic) bond motifs is 1. The van der Waals surface area contributed by atoms with Gasteiger partial charge in [0.05, 0.1) is 22.9 Å². The molecule has 1 saturated heterocycles. The van der Waals surface area contributed by atoms with Gasteiger partial charge in [-0.15, -0.1) is 0 Å². The molecule has 0 bridgehead atoms. The van der Waals surface area contributed by atoms with E-state index in [2.05, 4.69) is 15.3 Å². The fraction of sp³-hybridized carbons (Fsp3) is 0.208. The number of nitrogens with one attached hydrogen (secondary N) is 1. The Labute approximate surface area is 203 Å². The van der Waals surface area contributed by atoms with Crippen LogP contribution < -0.4 is 5.32 Å². The summed E-state index contributed by atoms with van der Waals surface area (Å²) in [5, 5.41) is 33.8. The number of hydrogen-bond acceptors (Lipinski definition) is 8. The Balaban J connectivity index is 1.49. The van der Waals surface area contributed by atoms with Gasteiger partial charge in [0.15, 0.2) is 0 Å². The third-order valence-electron chi connectivity index (χ3n) is 5.79. The standard InChI is InChI=1S/C24H20F2N6O2S/c25-19-11-18(12-20(26)21(19)24(33,34)31-7-9-35-10-8-31)32-6-5-16-14-28-23(30-22(16)32)29-17-3-1-15(13-27)2-4-17/h1-6,11-12,14,33-34H,7-10H2,(H,28,29,30). The first kappa shape index (κ1) is 23.2. The molecule has 0 amide bonds. The molecule has 0 unspecified atom stereocenters. The maximum Gasteiger partial charge on any atom is 0.259 e. The molecule has 1 aliphatic rings. The van der Waals surface area contributed by atoms with E-state index in [1.807, 2.05) is 6.07 Å². The molecule has 0 saturated carbocycles. The molecule has 3 heterocycles. The first-order valence-corrected chi connectivity index (χ1v) is 11.9. The number of rotatable bonds is 5. The largest absolute Gasteiger partial charge is 0.349 e. The average molecular weight is 495 g/mol. The van der Waals surface area contributed by atoms with Crippen molar-refractivity contribution in [2.75, 3.05) is 29.9 Å². The van der Waals surface area contributed by atoms with Crippen molar-refractivity contribution in [3.63, 3.8) is 0 Å². The van der Waals surface area contributed by atoms with E-state index in [0.717, 1.165) is 12.1 Å². The molecular weight excluding hydrogens is 474 g/mol. The summed E-state index contributed by atoms with van der Waals surface area (Å²) >= 11 is 1.64. The molecule has 3 N–H and O–H groups in total. The Bertz CT molecular complexity index is 1410. The molecule has 0 spiro atoms. The van der Waals surface area contributed by atoms with Crippen molar-refractivity contribution in [1.29, 1.82) is 5.26 Å². The first-order chi connectivity index (χ1) is 16.9. The molecule has 4 aromatic rings. The van der Waals surface area contributed by atoms with Crippen LogP contribution in [0.25, 0.3) is 16.7 Å². The van der Waals surface area contributed by atoms with Gasteiger partial charge < -0.3 is 20.1 Å². The van der Waals surface area contributed by atoms with Crippen molar-refractivity contribution in [2.24, 2.45) is 0 Å². The van der Waals surface area contributed by atoms with Gasteiger partial charge in [0.1, 0.15) is 17.3 Å². The molecule has 2 aromatic heterocycles. The van der Waals surface area contributed by atoms with Crippen LogP contribution in [0, 0.1) is 23.0 Å². The minimum absolute atomic E-state index is 0.131. The molecule has 0 aliphatic carbocycles. The molecular formula is C24H20F2N6O2S. The normalized spacial score (nSPS) is 14.7. The lowest BCUT2D eigenvalue weighted by Crippen LogP contribution is -2.51. The number of benzene rings is 2. The van der Waals surface area contributed by atoms with Gasteiger partial charge in [-0.25, -0.2) is 18.7 Å². The van der Waals surface area contributed by atoms with Gasteiger partial charge in [-0.3, -0.25) is 0 Å². The molecule has 35 heavy (non-hydrogen) atoms. The third kappa shape index (κ3) is 4.44. The van der Waals surface area contributed by atoms with Crippen LogP contribution in [0.3, 0.4) is 0 Å². The quantitative estimate of drug-likeness (QED) is 0.362. The number of hydrogen-bond donors (Lipinski definition) is 3. The number of aromatic nitrogens is 3. The second-order valence-corrected chi connectivity index (χ2v) is 9.22. The van der Waals surface area contributed by atoms with Crippen LogP contribution in [-0.4, -0.2) is 54.2 Å². The first-order valence-electron chi connectivity index (χ1n) is 10.8. The number of nitrogens with zero attached hydrogens (tertiary/aromatic N) is 5. The monoisotopic (exact) mass is 494 g/mol. The van der Waals surface area contributed by atoms with Gasteiger partial charge in [-0.05, 0) is 42.5 Å². The second kappa shape index (κ2) is 9.24. The predicted octanol–water partition coefficient (Wildman–Crippen LogP) is 3.46. The van der Waals surface area contributed by atoms with Gasteiger partial charge in [0.25, 0.3) is 5.91 Å². The fourth-order valence-corrected chi connectivity index (χ4v) is 4.90. The van der Waals surface area contributed by atoms with E-state index in [1.165, 1.54) is 9.47 Å². The van der Waals surface area contributed by atoms with Crippen LogP contribution in [0.4, 0.5) is 20.4 Å². The Hall–Kier alpha value is -3.56. The summed E-state index contributed by atoms with van der Waals surface area (Å²) < 4.78 is 31.7. The van der Waals surface area contributed by atoms with Gasteiger partial charge in [-0.1, -0.05) is 0 Å². The Morgan fingerprint density at radius 3 is 2.40 bits per heavy atom. The van der Waals surface area contributed by atoms with E-state index in [0.29, 0.717) is 46.9 Å². The summed E-state index contributed by atoms with van der Waals surface area (Å²) in [7, 11) is 0. The van der Waals surface area contributed by atoms with E-state index in [4.69, 9.17) is 5.26 Å². The number of halogens is 2. The van der Waals surface area contributed by atoms with Crippen LogP contribution in [-0.2, 0) is 5.91 Å². The lowest BCUT2D eigenvalue weighted by atomic mass is 10.1. The van der Waals surface area contributed by atoms with E-state index in [9.17, 15) is 10.2 Å². The van der Waals surface area contributed by atoms with Crippen molar-refractivity contribution in [1.82, 2.24) is 19.4 Å². The second-order valence-electron chi connectivity index (χ2n) is 7.99. The van der Waals surface area contributed by atoms with E-state index < -0.39 is 23.1 Å². The fourth-order valence-electron chi connectivity index (χ4n) is 4.00. The van der Waals surface area contributed by atoms with Crippen LogP contribution in [0.1, 0.15) is 11.1 Å². The summed E-state index contributed by atoms with van der Waals surface area (Å²) in [5.74, 6) is -3.37. The third-order valence-corrected chi connectivity index (χ3v) is 6.73. The van der Waals surface area contributed by atoms with E-state index in [-0.39, 0.29) is 11.6 Å². The topological polar surface area (TPSA) is 110 Å². The van der Waals surface area contributed by atoms with Crippen molar-refractivity contribution in [3.05, 3.63) is 77.6 Å². The zero-order chi connectivity index (χ0) is 24.6. The van der Waals surface area contributed by atoms with Gasteiger partial charge in [0.2, 0.25) is 5.95 Å². The van der Waals surface area contributed by atoms with E-state index >= 15 is 8.78 Å². The highest BCUT2D eigenvalue weighted by atomic mass is 32.2. The molecule has 0 radical (unpaired) electrons. The molecule has 0 atom stereocenters. The number of thioether (sulfide) groups is 1. The van der Waals surface area contributed by atoms with Crippen LogP contribution in [0.5, 0.6) is 0 Å². The number of nitriles is 1. The lowest BCUT2D eigenvalue weighted by molar-refractivity contribution is -0.276. The SMILES string of the molecule is N#Cc1ccc(Nc2ncc3ccn(-c4cc(F)c(C(O)(O)N5CCSCC5)c(F)c4)c3n2)cc1. The molecule has 178 valence electrons. The lowest BCUT2D eigenvalue weighted by Gasteiger charge is -2.37. The molecule has 8 nitrogen and oxygen atoms in total. The zero-order valence-corrected chi connectivity index (χ0v) is 19.1. The highest BCUT2D eigenvalue weighted by Gasteiger charge is 2.40. The number of anilines is 2. The highest BCUT2D eigenvalue weighted by Crippen LogP contribution is 2.32. The summed E-state index contributed by atoms with van der Waals surface area (Å²) in [5.41, 5.74) is 0.910. The molecule has 1 fully saturated rings. The van der Waals surface area contributed by atoms with Crippen LogP contribution in [0.2, 0.25) is 0 Å². The van der Waals surface area contributed by atoms with Crippen molar-refractivity contribution in [2.45, 2.75) is 5.91 Å². The van der Waals surface area contributed by atoms with Crippen molar-refractivity contribution >= 4 is 34.4 Å². The van der Waals surface area contributed by atoms with E-state index in [1.54, 1.807) is 54.5 Å². The van der Waals surface area contributed by atoms with Gasteiger partial charge >= 0.3 is 0 Å². The smallest absolute Gasteiger partial charge is 0.259 e. The molecule has 1 aliphatic heterocycles. The average Bonchev–Trinajstić information content (AvgIpc) is 3.28. The minimum Gasteiger partial charge on any atom is -0.349 e. The van der Waals surface area contributed by atoms with Crippen molar-refractivity contribution < 1.29 is 19.0 Å². The Morgan fingerprint density at radius 1 is 1.06 bits per heavy atom. The van der Waals surface area contributed by atoms with Crippen LogP contribution >= 0.6 is 11.8 Å². The van der Waals surface area contributed by atoms with Crippen LogP contribution in [0.15, 0.2) is 54.9 Å². The highest BCUT2D eigenvalue weighted by molar-refractivity contribution is 7.99. The minimum atomic E-state index is -2.76. The zero-order valence-electron chi connectivity index (χ0n) is 18.3. The van der Waals surface area contributed by atoms with Crippen molar-refractivity contribution in [3.8, 4) is 11.8 Å². The Kier molecular flexibility index (Phi) is 6.12. The summed E-state index contributed by atoms with van der Waals surface area (Å²) in [6.45, 7) is 0.596. The number of aliphatic hydroxyl groups is 2. The molecule has 11 heteroatoms. The Morgan fingerprint density at radius 2 is 1.74 bits per heavy atom. The molecule has 5 rings (SSSR count). The maximum atomic E-state index is 15.1. The predicted molar refractivity (Wildman–Crippen MR) is 128 cm³/mol. The maximum absolute atomic E-state index is 15.1. The van der Waals surface area contributed by atoms with Gasteiger partial charge in [-0.2, -0.15) is 22.0 Å². The molecule has 2 aromatic carbocycles. The van der Waals surface area contributed by atoms with Gasteiger partial charge in [0, 0.05) is 48.1 Å². The summed E-state index contributed by atoms with van der Waals surface area (Å²) in [6.07, 6.45) is 3.18. The summed E-state index contributed by atoms with van der Waals surface area (Å²) in [4.78, 5) is 9.99. The summed E-state index contributed by atoms with van der Waals surface area (Å²) in [6, 6.07) is 12.6.